The third-order valence-electron chi connectivity index (χ3n) is 15.8. The van der Waals surface area contributed by atoms with Crippen LogP contribution in [0.15, 0.2) is 66.3 Å². The standard InChI is InChI=1S/C58H71FN10O7S/c1-7-36-9-8-10-39-23-42(70)24-44(48(36)39)50-49(59)51-45(26-60-50)54(68-27-40-15-16-41(28-68)63-40)66-57(65-51)76-22-21-67-19-17-35(18-20-67)30-75-31-47(72)64-53(58(4,5)6)56(74)69-29-43(71)25-46(69)55(73)62-33(2)37-11-13-38(14-12-37)52-34(3)61-32-77-52/h8-14,23-24,26,32-33,35,40-41,43,46,53,63,70-71H,7,15-22,25,27-31H2,1-6H3,(H,62,73)(H,64,72)/t33-,40?,41?,43+,46-,53+/m0/s1. The van der Waals surface area contributed by atoms with Crippen molar-refractivity contribution < 1.29 is 38.5 Å². The number of rotatable bonds is 17. The second-order valence-electron chi connectivity index (χ2n) is 22.4. The summed E-state index contributed by atoms with van der Waals surface area (Å²) in [5.74, 6) is -0.996. The molecule has 77 heavy (non-hydrogen) atoms. The van der Waals surface area contributed by atoms with Gasteiger partial charge in [-0.1, -0.05) is 70.2 Å². The van der Waals surface area contributed by atoms with Crippen molar-refractivity contribution >= 4 is 56.6 Å². The highest BCUT2D eigenvalue weighted by molar-refractivity contribution is 7.13. The highest BCUT2D eigenvalue weighted by Crippen LogP contribution is 2.39. The number of benzene rings is 3. The van der Waals surface area contributed by atoms with Crippen LogP contribution in [0.2, 0.25) is 0 Å². The molecular weight excluding hydrogens is 1000 g/mol. The molecule has 3 aromatic carbocycles. The molecule has 408 valence electrons. The SMILES string of the molecule is CCc1cccc2cc(O)cc(-c3ncc4c(N5CC6CCC(C5)N6)nc(OCCN5CCC(COCC(=O)N[C@H](C(=O)N6C[C@H](O)C[C@H]6C(=O)N[C@@H](C)c6ccc(-c7scnc7C)cc6)C(C)(C)C)CC5)nc4c3F)c12. The minimum Gasteiger partial charge on any atom is -0.508 e. The summed E-state index contributed by atoms with van der Waals surface area (Å²) >= 11 is 1.57. The molecule has 0 saturated carbocycles. The van der Waals surface area contributed by atoms with Gasteiger partial charge >= 0.3 is 6.01 Å². The van der Waals surface area contributed by atoms with E-state index in [1.807, 2.05) is 89.5 Å². The smallest absolute Gasteiger partial charge is 0.319 e. The van der Waals surface area contributed by atoms with Gasteiger partial charge in [0.05, 0.1) is 40.2 Å². The van der Waals surface area contributed by atoms with E-state index in [9.17, 15) is 24.6 Å². The zero-order valence-corrected chi connectivity index (χ0v) is 45.7. The molecule has 0 spiro atoms. The molecule has 3 amide bonds. The van der Waals surface area contributed by atoms with Gasteiger partial charge in [-0.3, -0.25) is 24.3 Å². The fourth-order valence-electron chi connectivity index (χ4n) is 11.6. The number of fused-ring (bicyclic) bond motifs is 4. The fraction of sp³-hybridized carbons (Fsp3) is 0.500. The van der Waals surface area contributed by atoms with Gasteiger partial charge in [-0.05, 0) is 110 Å². The van der Waals surface area contributed by atoms with Gasteiger partial charge in [0, 0.05) is 56.4 Å². The lowest BCUT2D eigenvalue weighted by atomic mass is 9.85. The normalized spacial score (nSPS) is 20.9. The molecule has 7 heterocycles. The number of carbonyl (C=O) groups is 3. The summed E-state index contributed by atoms with van der Waals surface area (Å²) in [4.78, 5) is 67.1. The Morgan fingerprint density at radius 1 is 0.974 bits per heavy atom. The Morgan fingerprint density at radius 3 is 2.43 bits per heavy atom. The van der Waals surface area contributed by atoms with Crippen molar-refractivity contribution in [3.63, 3.8) is 0 Å². The minimum atomic E-state index is -0.971. The molecule has 3 aromatic heterocycles. The Labute approximate surface area is 453 Å². The van der Waals surface area contributed by atoms with Crippen molar-refractivity contribution in [3.8, 4) is 33.5 Å². The van der Waals surface area contributed by atoms with E-state index >= 15 is 4.39 Å². The van der Waals surface area contributed by atoms with Crippen LogP contribution in [0.4, 0.5) is 10.2 Å². The van der Waals surface area contributed by atoms with Crippen LogP contribution in [0.1, 0.15) is 89.6 Å². The van der Waals surface area contributed by atoms with Crippen molar-refractivity contribution in [3.05, 3.63) is 88.9 Å². The molecule has 5 N–H and O–H groups in total. The molecule has 4 saturated heterocycles. The highest BCUT2D eigenvalue weighted by Gasteiger charge is 2.45. The molecule has 10 rings (SSSR count). The number of aryl methyl sites for hydroxylation is 2. The molecule has 4 aliphatic heterocycles. The van der Waals surface area contributed by atoms with Crippen molar-refractivity contribution in [2.45, 2.75) is 116 Å². The molecule has 0 radical (unpaired) electrons. The van der Waals surface area contributed by atoms with Gasteiger partial charge in [0.2, 0.25) is 17.7 Å². The monoisotopic (exact) mass is 1070 g/mol. The van der Waals surface area contributed by atoms with E-state index < -0.39 is 41.2 Å². The number of β-amino-alcohol motifs (C(OH)–C–C–N with tert-alkyl or cyclic N) is 1. The number of ether oxygens (including phenoxy) is 2. The summed E-state index contributed by atoms with van der Waals surface area (Å²) in [7, 11) is 0. The molecule has 2 unspecified atom stereocenters. The number of aromatic nitrogens is 4. The summed E-state index contributed by atoms with van der Waals surface area (Å²) in [5, 5.41) is 33.2. The van der Waals surface area contributed by atoms with Gasteiger partial charge in [0.15, 0.2) is 5.82 Å². The maximum atomic E-state index is 17.1. The summed E-state index contributed by atoms with van der Waals surface area (Å²) in [6, 6.07) is 15.6. The Bertz CT molecular complexity index is 3110. The highest BCUT2D eigenvalue weighted by atomic mass is 32.1. The topological polar surface area (TPSA) is 208 Å². The third kappa shape index (κ3) is 11.9. The number of carbonyl (C=O) groups excluding carboxylic acids is 3. The van der Waals surface area contributed by atoms with Crippen LogP contribution in [-0.2, 0) is 25.5 Å². The molecule has 6 aromatic rings. The Kier molecular flexibility index (Phi) is 16.1. The first kappa shape index (κ1) is 54.0. The molecular formula is C58H71FN10O7S. The number of piperidine rings is 1. The zero-order valence-electron chi connectivity index (χ0n) is 44.9. The number of aromatic hydroxyl groups is 1. The second-order valence-corrected chi connectivity index (χ2v) is 23.3. The first-order valence-corrected chi connectivity index (χ1v) is 28.0. The Balaban J connectivity index is 0.722. The average Bonchev–Trinajstić information content (AvgIpc) is 4.14. The van der Waals surface area contributed by atoms with Crippen LogP contribution in [0.25, 0.3) is 43.4 Å². The number of phenolic OH excluding ortho intramolecular Hbond substituents is 1. The number of phenols is 1. The van der Waals surface area contributed by atoms with E-state index in [1.165, 1.54) is 4.90 Å². The number of anilines is 1. The van der Waals surface area contributed by atoms with E-state index in [4.69, 9.17) is 24.4 Å². The molecule has 6 atom stereocenters. The number of hydrogen-bond acceptors (Lipinski definition) is 15. The van der Waals surface area contributed by atoms with E-state index in [0.29, 0.717) is 42.0 Å². The molecule has 0 aliphatic carbocycles. The van der Waals surface area contributed by atoms with Crippen molar-refractivity contribution in [1.82, 2.24) is 45.7 Å². The maximum absolute atomic E-state index is 17.1. The average molecular weight is 1070 g/mol. The molecule has 4 fully saturated rings. The number of aliphatic hydroxyl groups excluding tert-OH is 1. The predicted molar refractivity (Wildman–Crippen MR) is 295 cm³/mol. The number of likely N-dealkylation sites (tertiary alicyclic amines) is 2. The van der Waals surface area contributed by atoms with Gasteiger partial charge in [0.1, 0.15) is 48.1 Å². The van der Waals surface area contributed by atoms with E-state index in [0.717, 1.165) is 96.3 Å². The Hall–Kier alpha value is -6.38. The van der Waals surface area contributed by atoms with Crippen LogP contribution in [0, 0.1) is 24.1 Å². The number of nitrogens with zero attached hydrogens (tertiary/aromatic N) is 7. The maximum Gasteiger partial charge on any atom is 0.319 e. The van der Waals surface area contributed by atoms with Gasteiger partial charge in [0.25, 0.3) is 0 Å². The number of amides is 3. The molecule has 19 heteroatoms. The van der Waals surface area contributed by atoms with Gasteiger partial charge in [-0.15, -0.1) is 11.3 Å². The first-order valence-electron chi connectivity index (χ1n) is 27.1. The molecule has 4 aliphatic rings. The van der Waals surface area contributed by atoms with Crippen LogP contribution < -0.4 is 25.6 Å². The predicted octanol–water partition coefficient (Wildman–Crippen LogP) is 7.10. The second kappa shape index (κ2) is 22.9. The minimum absolute atomic E-state index is 0.0212. The lowest BCUT2D eigenvalue weighted by molar-refractivity contribution is -0.144. The van der Waals surface area contributed by atoms with Gasteiger partial charge in [-0.2, -0.15) is 9.97 Å². The number of nitrogens with one attached hydrogen (secondary N) is 3. The molecule has 17 nitrogen and oxygen atoms in total. The third-order valence-corrected chi connectivity index (χ3v) is 16.8. The summed E-state index contributed by atoms with van der Waals surface area (Å²) in [6.07, 6.45) is 5.39. The van der Waals surface area contributed by atoms with E-state index in [-0.39, 0.29) is 67.0 Å². The van der Waals surface area contributed by atoms with Crippen LogP contribution in [-0.4, -0.2) is 147 Å². The lowest BCUT2D eigenvalue weighted by Gasteiger charge is -2.35. The number of piperazine rings is 1. The molecule has 2 bridgehead atoms. The largest absolute Gasteiger partial charge is 0.508 e. The number of aliphatic hydroxyl groups is 1. The summed E-state index contributed by atoms with van der Waals surface area (Å²) in [6.45, 7) is 15.5. The van der Waals surface area contributed by atoms with Crippen LogP contribution >= 0.6 is 11.3 Å². The van der Waals surface area contributed by atoms with Crippen molar-refractivity contribution in [1.29, 1.82) is 0 Å². The zero-order chi connectivity index (χ0) is 54.1. The van der Waals surface area contributed by atoms with Crippen LogP contribution in [0.5, 0.6) is 11.8 Å². The summed E-state index contributed by atoms with van der Waals surface area (Å²) in [5.41, 5.74) is 5.76. The number of hydrogen-bond donors (Lipinski definition) is 5. The van der Waals surface area contributed by atoms with E-state index in [2.05, 4.69) is 30.7 Å². The van der Waals surface area contributed by atoms with Crippen molar-refractivity contribution in [2.75, 3.05) is 64.0 Å². The quantitative estimate of drug-likeness (QED) is 0.0618. The van der Waals surface area contributed by atoms with E-state index in [1.54, 1.807) is 29.7 Å². The Morgan fingerprint density at radius 2 is 1.73 bits per heavy atom. The van der Waals surface area contributed by atoms with Gasteiger partial charge < -0.3 is 45.4 Å². The first-order chi connectivity index (χ1) is 37.0. The van der Waals surface area contributed by atoms with Gasteiger partial charge in [-0.25, -0.2) is 9.37 Å². The van der Waals surface area contributed by atoms with Crippen LogP contribution in [0.3, 0.4) is 0 Å². The number of halogens is 1. The van der Waals surface area contributed by atoms with Crippen molar-refractivity contribution in [2.24, 2.45) is 11.3 Å². The fourth-order valence-corrected chi connectivity index (χ4v) is 12.4. The summed E-state index contributed by atoms with van der Waals surface area (Å²) < 4.78 is 29.3. The lowest BCUT2D eigenvalue weighted by Crippen LogP contribution is -2.58. The number of pyridine rings is 1. The number of thiazole rings is 1.